The van der Waals surface area contributed by atoms with Crippen molar-refractivity contribution >= 4 is 11.5 Å². The van der Waals surface area contributed by atoms with Crippen LogP contribution in [0.3, 0.4) is 0 Å². The zero-order valence-corrected chi connectivity index (χ0v) is 12.1. The summed E-state index contributed by atoms with van der Waals surface area (Å²) in [6.07, 6.45) is 5.26. The number of amidine groups is 1. The fourth-order valence-electron chi connectivity index (χ4n) is 2.98. The molecule has 2 nitrogen and oxygen atoms in total. The van der Waals surface area contributed by atoms with Crippen molar-refractivity contribution in [3.63, 3.8) is 0 Å². The van der Waals surface area contributed by atoms with Crippen LogP contribution in [0.25, 0.3) is 0 Å². The first kappa shape index (κ1) is 13.9. The van der Waals surface area contributed by atoms with Crippen LogP contribution in [0.15, 0.2) is 48.0 Å². The fraction of sp³-hybridized carbons (Fsp3) is 0.471. The smallest absolute Gasteiger partial charge is 0.110 e. The maximum Gasteiger partial charge on any atom is 0.110 e. The summed E-state index contributed by atoms with van der Waals surface area (Å²) in [4.78, 5) is 7.21. The second-order valence-corrected chi connectivity index (χ2v) is 5.17. The molecule has 1 aliphatic heterocycles. The van der Waals surface area contributed by atoms with Gasteiger partial charge in [-0.05, 0) is 31.4 Å². The van der Waals surface area contributed by atoms with E-state index >= 15 is 0 Å². The molecule has 0 N–H and O–H groups in total. The number of hydrogen-bond donors (Lipinski definition) is 0. The molecule has 1 aromatic rings. The summed E-state index contributed by atoms with van der Waals surface area (Å²) in [7, 11) is 0. The lowest BCUT2D eigenvalue weighted by atomic mass is 9.77. The average Bonchev–Trinajstić information content (AvgIpc) is 2.96. The third-order valence-corrected chi connectivity index (χ3v) is 4.27. The van der Waals surface area contributed by atoms with Gasteiger partial charge in [0, 0.05) is 17.6 Å². The van der Waals surface area contributed by atoms with Crippen LogP contribution in [0.2, 0.25) is 0 Å². The Morgan fingerprint density at radius 2 is 1.95 bits per heavy atom. The largest absolute Gasteiger partial charge is 0.328 e. The van der Waals surface area contributed by atoms with Gasteiger partial charge in [-0.15, -0.1) is 6.58 Å². The number of nitrogens with zero attached hydrogens (tertiary/aromatic N) is 2. The molecule has 0 bridgehead atoms. The Morgan fingerprint density at radius 3 is 2.53 bits per heavy atom. The molecular weight excluding hydrogens is 232 g/mol. The van der Waals surface area contributed by atoms with E-state index in [1.807, 2.05) is 6.08 Å². The van der Waals surface area contributed by atoms with Gasteiger partial charge in [-0.2, -0.15) is 0 Å². The lowest BCUT2D eigenvalue weighted by Crippen LogP contribution is -2.41. The quantitative estimate of drug-likeness (QED) is 0.693. The summed E-state index contributed by atoms with van der Waals surface area (Å²) in [6.45, 7) is 10.4. The van der Waals surface area contributed by atoms with Crippen molar-refractivity contribution in [1.82, 2.24) is 0 Å². The van der Waals surface area contributed by atoms with Crippen LogP contribution in [0.1, 0.15) is 33.1 Å². The predicted molar refractivity (Wildman–Crippen MR) is 83.9 cm³/mol. The molecular formula is C17H24N2. The number of para-hydroxylation sites is 1. The molecule has 102 valence electrons. The summed E-state index contributed by atoms with van der Waals surface area (Å²) in [5, 5.41) is 0. The molecule has 1 aliphatic rings. The molecule has 0 fully saturated rings. The van der Waals surface area contributed by atoms with E-state index in [0.717, 1.165) is 32.4 Å². The van der Waals surface area contributed by atoms with Crippen LogP contribution in [0, 0.1) is 5.41 Å². The SMILES string of the molecule is C=CCC(CC)(CC)C1=NCCN1c1ccccc1. The van der Waals surface area contributed by atoms with Gasteiger partial charge in [0.05, 0.1) is 6.54 Å². The first-order valence-electron chi connectivity index (χ1n) is 7.26. The number of hydrogen-bond acceptors (Lipinski definition) is 2. The highest BCUT2D eigenvalue weighted by atomic mass is 15.3. The average molecular weight is 256 g/mol. The van der Waals surface area contributed by atoms with Gasteiger partial charge in [0.15, 0.2) is 0 Å². The number of anilines is 1. The molecule has 0 aliphatic carbocycles. The molecule has 0 aromatic heterocycles. The first-order chi connectivity index (χ1) is 9.27. The van der Waals surface area contributed by atoms with Crippen molar-refractivity contribution < 1.29 is 0 Å². The van der Waals surface area contributed by atoms with Crippen molar-refractivity contribution in [2.24, 2.45) is 10.4 Å². The molecule has 1 aromatic carbocycles. The highest BCUT2D eigenvalue weighted by Crippen LogP contribution is 2.37. The van der Waals surface area contributed by atoms with Gasteiger partial charge in [0.1, 0.15) is 5.84 Å². The number of benzene rings is 1. The molecule has 19 heavy (non-hydrogen) atoms. The Hall–Kier alpha value is -1.57. The molecule has 0 spiro atoms. The van der Waals surface area contributed by atoms with Gasteiger partial charge in [0.2, 0.25) is 0 Å². The third kappa shape index (κ3) is 2.58. The summed E-state index contributed by atoms with van der Waals surface area (Å²) in [5.74, 6) is 1.25. The minimum absolute atomic E-state index is 0.147. The highest BCUT2D eigenvalue weighted by molar-refractivity contribution is 6.03. The zero-order chi connectivity index (χ0) is 13.7. The molecule has 0 unspecified atom stereocenters. The van der Waals surface area contributed by atoms with Crippen LogP contribution in [0.5, 0.6) is 0 Å². The Kier molecular flexibility index (Phi) is 4.41. The molecule has 0 saturated carbocycles. The maximum absolute atomic E-state index is 4.82. The minimum Gasteiger partial charge on any atom is -0.328 e. The van der Waals surface area contributed by atoms with Crippen LogP contribution in [-0.2, 0) is 0 Å². The molecule has 0 radical (unpaired) electrons. The molecule has 2 rings (SSSR count). The van der Waals surface area contributed by atoms with E-state index in [2.05, 4.69) is 55.7 Å². The Balaban J connectivity index is 2.34. The van der Waals surface area contributed by atoms with Crippen molar-refractivity contribution in [3.05, 3.63) is 43.0 Å². The normalized spacial score (nSPS) is 15.5. The highest BCUT2D eigenvalue weighted by Gasteiger charge is 2.37. The van der Waals surface area contributed by atoms with Gasteiger partial charge in [-0.1, -0.05) is 38.1 Å². The summed E-state index contributed by atoms with van der Waals surface area (Å²) in [6, 6.07) is 10.6. The predicted octanol–water partition coefficient (Wildman–Crippen LogP) is 4.29. The van der Waals surface area contributed by atoms with Crippen LogP contribution in [0.4, 0.5) is 5.69 Å². The van der Waals surface area contributed by atoms with Gasteiger partial charge < -0.3 is 4.90 Å². The topological polar surface area (TPSA) is 15.6 Å². The summed E-state index contributed by atoms with van der Waals surface area (Å²) in [5.41, 5.74) is 1.41. The van der Waals surface area contributed by atoms with E-state index in [1.54, 1.807) is 0 Å². The third-order valence-electron chi connectivity index (χ3n) is 4.27. The maximum atomic E-state index is 4.82. The second kappa shape index (κ2) is 6.05. The molecule has 1 heterocycles. The van der Waals surface area contributed by atoms with Crippen LogP contribution in [-0.4, -0.2) is 18.9 Å². The minimum atomic E-state index is 0.147. The number of aliphatic imine (C=N–C) groups is 1. The standard InChI is InChI=1S/C17H24N2/c1-4-12-17(5-2,6-3)16-18-13-14-19(16)15-10-8-7-9-11-15/h4,7-11H,1,5-6,12-14H2,2-3H3. The van der Waals surface area contributed by atoms with Gasteiger partial charge in [-0.3, -0.25) is 4.99 Å². The van der Waals surface area contributed by atoms with E-state index in [0.29, 0.717) is 0 Å². The molecule has 0 amide bonds. The van der Waals surface area contributed by atoms with E-state index in [4.69, 9.17) is 4.99 Å². The van der Waals surface area contributed by atoms with Crippen molar-refractivity contribution in [2.45, 2.75) is 33.1 Å². The van der Waals surface area contributed by atoms with Gasteiger partial charge in [-0.25, -0.2) is 0 Å². The Bertz CT molecular complexity index is 444. The van der Waals surface area contributed by atoms with Crippen LogP contribution >= 0.6 is 0 Å². The first-order valence-corrected chi connectivity index (χ1v) is 7.26. The monoisotopic (exact) mass is 256 g/mol. The van der Waals surface area contributed by atoms with E-state index in [1.165, 1.54) is 11.5 Å². The summed E-state index contributed by atoms with van der Waals surface area (Å²) >= 11 is 0. The van der Waals surface area contributed by atoms with E-state index in [9.17, 15) is 0 Å². The Morgan fingerprint density at radius 1 is 1.26 bits per heavy atom. The molecule has 0 saturated heterocycles. The van der Waals surface area contributed by atoms with Gasteiger partial charge >= 0.3 is 0 Å². The molecule has 2 heteroatoms. The van der Waals surface area contributed by atoms with E-state index < -0.39 is 0 Å². The van der Waals surface area contributed by atoms with Gasteiger partial charge in [0.25, 0.3) is 0 Å². The molecule has 0 atom stereocenters. The van der Waals surface area contributed by atoms with Crippen molar-refractivity contribution in [2.75, 3.05) is 18.0 Å². The fourth-order valence-corrected chi connectivity index (χ4v) is 2.98. The Labute approximate surface area is 116 Å². The lowest BCUT2D eigenvalue weighted by molar-refractivity contribution is 0.389. The number of rotatable bonds is 6. The zero-order valence-electron chi connectivity index (χ0n) is 12.1. The van der Waals surface area contributed by atoms with Crippen LogP contribution < -0.4 is 4.90 Å². The second-order valence-electron chi connectivity index (χ2n) is 5.17. The van der Waals surface area contributed by atoms with Crippen molar-refractivity contribution in [3.8, 4) is 0 Å². The lowest BCUT2D eigenvalue weighted by Gasteiger charge is -2.36. The van der Waals surface area contributed by atoms with E-state index in [-0.39, 0.29) is 5.41 Å². The summed E-state index contributed by atoms with van der Waals surface area (Å²) < 4.78 is 0. The number of allylic oxidation sites excluding steroid dienone is 1. The van der Waals surface area contributed by atoms with Crippen molar-refractivity contribution in [1.29, 1.82) is 0 Å².